The topological polar surface area (TPSA) is 73.0 Å². The summed E-state index contributed by atoms with van der Waals surface area (Å²) >= 11 is 1.55. The fraction of sp³-hybridized carbons (Fsp3) is 0.312. The lowest BCUT2D eigenvalue weighted by molar-refractivity contribution is 0.101. The normalized spacial score (nSPS) is 14.1. The molecule has 1 saturated carbocycles. The Morgan fingerprint density at radius 3 is 3.13 bits per heavy atom. The third kappa shape index (κ3) is 2.92. The van der Waals surface area contributed by atoms with E-state index >= 15 is 0 Å². The molecule has 1 N–H and O–H groups in total. The molecule has 0 aliphatic heterocycles. The van der Waals surface area contributed by atoms with Crippen LogP contribution in [0.5, 0.6) is 0 Å². The third-order valence-corrected chi connectivity index (χ3v) is 4.77. The zero-order valence-electron chi connectivity index (χ0n) is 12.7. The van der Waals surface area contributed by atoms with Crippen LogP contribution < -0.4 is 5.32 Å². The van der Waals surface area contributed by atoms with Crippen molar-refractivity contribution in [1.29, 1.82) is 0 Å². The minimum atomic E-state index is -0.280. The summed E-state index contributed by atoms with van der Waals surface area (Å²) in [6, 6.07) is 5.53. The molecule has 118 valence electrons. The molecule has 7 heteroatoms. The first-order valence-corrected chi connectivity index (χ1v) is 8.43. The smallest absolute Gasteiger partial charge is 0.279 e. The molecule has 0 atom stereocenters. The van der Waals surface area contributed by atoms with Crippen molar-refractivity contribution >= 4 is 23.1 Å². The Morgan fingerprint density at radius 1 is 1.52 bits per heavy atom. The average molecular weight is 328 g/mol. The highest BCUT2D eigenvalue weighted by Gasteiger charge is 2.24. The second-order valence-electron chi connectivity index (χ2n) is 5.81. The first-order chi connectivity index (χ1) is 11.2. The molecule has 0 spiro atoms. The number of anilines is 1. The van der Waals surface area contributed by atoms with E-state index in [0.717, 1.165) is 22.8 Å². The highest BCUT2D eigenvalue weighted by molar-refractivity contribution is 7.13. The Morgan fingerprint density at radius 2 is 2.39 bits per heavy atom. The molecule has 3 heterocycles. The zero-order chi connectivity index (χ0) is 15.8. The van der Waals surface area contributed by atoms with Gasteiger partial charge >= 0.3 is 0 Å². The van der Waals surface area contributed by atoms with Crippen molar-refractivity contribution in [3.63, 3.8) is 0 Å². The van der Waals surface area contributed by atoms with E-state index < -0.39 is 0 Å². The summed E-state index contributed by atoms with van der Waals surface area (Å²) in [4.78, 5) is 13.4. The Balaban J connectivity index is 1.53. The van der Waals surface area contributed by atoms with Gasteiger partial charge < -0.3 is 9.84 Å². The fourth-order valence-electron chi connectivity index (χ4n) is 2.41. The molecule has 3 aromatic rings. The molecule has 1 amide bonds. The first-order valence-electron chi connectivity index (χ1n) is 7.55. The summed E-state index contributed by atoms with van der Waals surface area (Å²) in [5.74, 6) is 1.75. The summed E-state index contributed by atoms with van der Waals surface area (Å²) < 4.78 is 7.13. The second kappa shape index (κ2) is 5.66. The number of carbonyl (C=O) groups excluding carboxylic acids is 1. The van der Waals surface area contributed by atoms with E-state index in [2.05, 4.69) is 15.6 Å². The van der Waals surface area contributed by atoms with Gasteiger partial charge in [-0.25, -0.2) is 4.68 Å². The van der Waals surface area contributed by atoms with E-state index in [1.165, 1.54) is 12.8 Å². The molecule has 0 aromatic carbocycles. The molecular formula is C16H16N4O2S. The molecule has 1 aliphatic rings. The van der Waals surface area contributed by atoms with E-state index in [1.807, 2.05) is 29.1 Å². The number of rotatable bonds is 5. The van der Waals surface area contributed by atoms with Gasteiger partial charge in [0.15, 0.2) is 11.5 Å². The lowest BCUT2D eigenvalue weighted by Gasteiger charge is -2.08. The molecule has 0 radical (unpaired) electrons. The molecule has 3 aromatic heterocycles. The minimum absolute atomic E-state index is 0.270. The molecule has 4 rings (SSSR count). The monoisotopic (exact) mass is 328 g/mol. The quantitative estimate of drug-likeness (QED) is 0.777. The van der Waals surface area contributed by atoms with E-state index in [0.29, 0.717) is 11.7 Å². The number of nitrogens with one attached hydrogen (secondary N) is 1. The number of nitrogens with zero attached hydrogens (tertiary/aromatic N) is 3. The van der Waals surface area contributed by atoms with Gasteiger partial charge in [-0.15, -0.1) is 11.3 Å². The largest absolute Gasteiger partial charge is 0.355 e. The van der Waals surface area contributed by atoms with Crippen LogP contribution in [0.4, 0.5) is 5.82 Å². The fourth-order valence-corrected chi connectivity index (χ4v) is 3.09. The standard InChI is InChI=1S/C16H16N4O2S/c1-10-8-17-20(9-11-4-5-11)15(10)18-16(21)12-7-13(22-19-12)14-3-2-6-23-14/h2-3,6-8,11H,4-5,9H2,1H3,(H,18,21). The van der Waals surface area contributed by atoms with Crippen LogP contribution in [-0.2, 0) is 6.54 Å². The Hall–Kier alpha value is -2.41. The zero-order valence-corrected chi connectivity index (χ0v) is 13.5. The summed E-state index contributed by atoms with van der Waals surface area (Å²) in [5.41, 5.74) is 1.22. The van der Waals surface area contributed by atoms with Gasteiger partial charge in [0.25, 0.3) is 5.91 Å². The van der Waals surface area contributed by atoms with E-state index in [9.17, 15) is 4.79 Å². The van der Waals surface area contributed by atoms with Crippen molar-refractivity contribution in [2.24, 2.45) is 5.92 Å². The lowest BCUT2D eigenvalue weighted by atomic mass is 10.3. The van der Waals surface area contributed by atoms with Crippen LogP contribution in [-0.4, -0.2) is 20.8 Å². The van der Waals surface area contributed by atoms with E-state index in [-0.39, 0.29) is 11.6 Å². The Bertz CT molecular complexity index is 830. The summed E-state index contributed by atoms with van der Waals surface area (Å²) in [6.07, 6.45) is 4.25. The summed E-state index contributed by atoms with van der Waals surface area (Å²) in [5, 5.41) is 13.1. The maximum atomic E-state index is 12.4. The summed E-state index contributed by atoms with van der Waals surface area (Å²) in [6.45, 7) is 2.79. The molecule has 0 bridgehead atoms. The van der Waals surface area contributed by atoms with Gasteiger partial charge in [0, 0.05) is 18.2 Å². The van der Waals surface area contributed by atoms with E-state index in [4.69, 9.17) is 4.52 Å². The Kier molecular flexibility index (Phi) is 3.49. The Labute approximate surface area is 137 Å². The van der Waals surface area contributed by atoms with Gasteiger partial charge in [0.1, 0.15) is 5.82 Å². The van der Waals surface area contributed by atoms with Crippen LogP contribution >= 0.6 is 11.3 Å². The van der Waals surface area contributed by atoms with Crippen LogP contribution in [0.3, 0.4) is 0 Å². The average Bonchev–Trinajstić information content (AvgIpc) is 2.98. The third-order valence-electron chi connectivity index (χ3n) is 3.89. The van der Waals surface area contributed by atoms with Crippen molar-refractivity contribution in [1.82, 2.24) is 14.9 Å². The molecule has 1 aliphatic carbocycles. The summed E-state index contributed by atoms with van der Waals surface area (Å²) in [7, 11) is 0. The maximum Gasteiger partial charge on any atom is 0.279 e. The van der Waals surface area contributed by atoms with Crippen molar-refractivity contribution in [3.05, 3.63) is 41.0 Å². The molecule has 0 saturated heterocycles. The van der Waals surface area contributed by atoms with Gasteiger partial charge in [0.2, 0.25) is 0 Å². The van der Waals surface area contributed by atoms with Gasteiger partial charge in [-0.05, 0) is 37.1 Å². The number of hydrogen-bond acceptors (Lipinski definition) is 5. The van der Waals surface area contributed by atoms with E-state index in [1.54, 1.807) is 23.6 Å². The maximum absolute atomic E-state index is 12.4. The highest BCUT2D eigenvalue weighted by atomic mass is 32.1. The number of aryl methyl sites for hydroxylation is 1. The van der Waals surface area contributed by atoms with Crippen molar-refractivity contribution in [2.45, 2.75) is 26.3 Å². The van der Waals surface area contributed by atoms with Gasteiger partial charge in [-0.2, -0.15) is 5.10 Å². The number of aromatic nitrogens is 3. The van der Waals surface area contributed by atoms with Gasteiger partial charge in [0.05, 0.1) is 11.1 Å². The van der Waals surface area contributed by atoms with Crippen molar-refractivity contribution in [3.8, 4) is 10.6 Å². The molecule has 6 nitrogen and oxygen atoms in total. The lowest BCUT2D eigenvalue weighted by Crippen LogP contribution is -2.17. The number of thiophene rings is 1. The molecule has 1 fully saturated rings. The SMILES string of the molecule is Cc1cnn(CC2CC2)c1NC(=O)c1cc(-c2cccs2)on1. The molecular weight excluding hydrogens is 312 g/mol. The van der Waals surface area contributed by atoms with Crippen molar-refractivity contribution < 1.29 is 9.32 Å². The van der Waals surface area contributed by atoms with Gasteiger partial charge in [-0.1, -0.05) is 11.2 Å². The predicted molar refractivity (Wildman–Crippen MR) is 87.5 cm³/mol. The number of amides is 1. The second-order valence-corrected chi connectivity index (χ2v) is 6.76. The predicted octanol–water partition coefficient (Wildman–Crippen LogP) is 3.57. The van der Waals surface area contributed by atoms with Crippen LogP contribution in [0.1, 0.15) is 28.9 Å². The highest BCUT2D eigenvalue weighted by Crippen LogP contribution is 2.32. The van der Waals surface area contributed by atoms with Crippen LogP contribution in [0.2, 0.25) is 0 Å². The van der Waals surface area contributed by atoms with Crippen LogP contribution in [0.15, 0.2) is 34.3 Å². The molecule has 0 unspecified atom stereocenters. The van der Waals surface area contributed by atoms with Crippen LogP contribution in [0.25, 0.3) is 10.6 Å². The molecule has 23 heavy (non-hydrogen) atoms. The minimum Gasteiger partial charge on any atom is -0.355 e. The first kappa shape index (κ1) is 14.2. The van der Waals surface area contributed by atoms with Crippen molar-refractivity contribution in [2.75, 3.05) is 5.32 Å². The number of hydrogen-bond donors (Lipinski definition) is 1. The number of carbonyl (C=O) groups is 1. The van der Waals surface area contributed by atoms with Crippen LogP contribution in [0, 0.1) is 12.8 Å². The van der Waals surface area contributed by atoms with Gasteiger partial charge in [-0.3, -0.25) is 4.79 Å².